The molecule has 0 saturated heterocycles. The fourth-order valence-corrected chi connectivity index (χ4v) is 1.86. The molecule has 0 aliphatic carbocycles. The first kappa shape index (κ1) is 11.0. The Kier molecular flexibility index (Phi) is 2.61. The van der Waals surface area contributed by atoms with Crippen LogP contribution in [0, 0.1) is 0 Å². The first-order valence-electron chi connectivity index (χ1n) is 4.67. The second kappa shape index (κ2) is 3.80. The van der Waals surface area contributed by atoms with Gasteiger partial charge in [0.1, 0.15) is 0 Å². The molecule has 0 unspecified atom stereocenters. The van der Waals surface area contributed by atoms with Gasteiger partial charge in [-0.05, 0) is 16.7 Å². The van der Waals surface area contributed by atoms with E-state index in [-0.39, 0.29) is 12.5 Å². The lowest BCUT2D eigenvalue weighted by Crippen LogP contribution is -2.25. The molecule has 1 N–H and O–H groups in total. The minimum absolute atomic E-state index is 0.0354. The van der Waals surface area contributed by atoms with E-state index < -0.39 is 10.0 Å². The van der Waals surface area contributed by atoms with Gasteiger partial charge >= 0.3 is 0 Å². The zero-order valence-corrected chi connectivity index (χ0v) is 9.49. The van der Waals surface area contributed by atoms with Crippen LogP contribution in [-0.2, 0) is 16.7 Å². The number of rotatable bonds is 3. The van der Waals surface area contributed by atoms with E-state index in [0.717, 1.165) is 11.6 Å². The number of benzene rings is 1. The van der Waals surface area contributed by atoms with Gasteiger partial charge in [0.05, 0.1) is 12.9 Å². The van der Waals surface area contributed by atoms with E-state index in [1.807, 2.05) is 12.1 Å². The van der Waals surface area contributed by atoms with E-state index in [2.05, 4.69) is 4.72 Å². The smallest absolute Gasteiger partial charge is 0.210 e. The van der Waals surface area contributed by atoms with Crippen molar-refractivity contribution in [1.82, 2.24) is 9.29 Å². The molecule has 0 radical (unpaired) electrons. The van der Waals surface area contributed by atoms with Crippen molar-refractivity contribution in [2.24, 2.45) is 0 Å². The third kappa shape index (κ3) is 2.17. The molecule has 1 aromatic carbocycles. The number of nitrogens with one attached hydrogen (secondary N) is 1. The molecule has 0 spiro atoms. The van der Waals surface area contributed by atoms with Crippen molar-refractivity contribution >= 4 is 20.8 Å². The average molecular weight is 239 g/mol. The molecule has 5 nitrogen and oxygen atoms in total. The number of hydrogen-bond donors (Lipinski definition) is 1. The van der Waals surface area contributed by atoms with Gasteiger partial charge in [0, 0.05) is 6.20 Å². The molecule has 0 amide bonds. The molecule has 0 atom stereocenters. The molecule has 0 aliphatic heterocycles. The summed E-state index contributed by atoms with van der Waals surface area (Å²) in [4.78, 5) is 0. The normalized spacial score (nSPS) is 12.1. The molecule has 2 rings (SSSR count). The lowest BCUT2D eigenvalue weighted by Gasteiger charge is -2.12. The lowest BCUT2D eigenvalue weighted by atomic mass is 10.2. The topological polar surface area (TPSA) is 74.2 Å². The molecule has 1 heterocycles. The molecule has 0 saturated carbocycles. The van der Waals surface area contributed by atoms with E-state index in [1.54, 1.807) is 18.3 Å². The third-order valence-electron chi connectivity index (χ3n) is 2.24. The van der Waals surface area contributed by atoms with E-state index in [0.29, 0.717) is 5.39 Å². The number of fused-ring (bicyclic) bond motifs is 1. The quantitative estimate of drug-likeness (QED) is 0.832. The Morgan fingerprint density at radius 2 is 2.06 bits per heavy atom. The van der Waals surface area contributed by atoms with Crippen LogP contribution in [0.4, 0.5) is 0 Å². The first-order valence-corrected chi connectivity index (χ1v) is 6.56. The fraction of sp³-hybridized carbons (Fsp3) is 0.200. The number of hydrogen-bond acceptors (Lipinski definition) is 3. The highest BCUT2D eigenvalue weighted by Crippen LogP contribution is 2.23. The Hall–Kier alpha value is -1.53. The van der Waals surface area contributed by atoms with Gasteiger partial charge in [0.15, 0.2) is 0 Å². The molecule has 0 bridgehead atoms. The fourth-order valence-electron chi connectivity index (χ4n) is 1.49. The van der Waals surface area contributed by atoms with Crippen LogP contribution in [-0.4, -0.2) is 19.2 Å². The van der Waals surface area contributed by atoms with Crippen LogP contribution >= 0.6 is 0 Å². The lowest BCUT2D eigenvalue weighted by molar-refractivity contribution is -0.276. The van der Waals surface area contributed by atoms with Gasteiger partial charge in [-0.1, -0.05) is 24.3 Å². The summed E-state index contributed by atoms with van der Waals surface area (Å²) in [6.45, 7) is -0.0354. The molecule has 0 fully saturated rings. The van der Waals surface area contributed by atoms with Crippen molar-refractivity contribution < 1.29 is 13.5 Å². The molecule has 86 valence electrons. The molecule has 16 heavy (non-hydrogen) atoms. The van der Waals surface area contributed by atoms with Crippen molar-refractivity contribution in [2.45, 2.75) is 6.67 Å². The Labute approximate surface area is 93.4 Å². The molecule has 0 aliphatic rings. The molecular formula is C10H11N2O3S-. The van der Waals surface area contributed by atoms with Crippen molar-refractivity contribution in [3.05, 3.63) is 30.5 Å². The van der Waals surface area contributed by atoms with Crippen molar-refractivity contribution in [3.8, 4) is 5.88 Å². The van der Waals surface area contributed by atoms with Crippen LogP contribution in [0.2, 0.25) is 0 Å². The van der Waals surface area contributed by atoms with E-state index in [1.165, 1.54) is 4.57 Å². The monoisotopic (exact) mass is 239 g/mol. The zero-order chi connectivity index (χ0) is 11.8. The van der Waals surface area contributed by atoms with Crippen LogP contribution in [0.5, 0.6) is 5.88 Å². The minimum atomic E-state index is -3.29. The average Bonchev–Trinajstić information content (AvgIpc) is 2.53. The van der Waals surface area contributed by atoms with Gasteiger partial charge in [0.25, 0.3) is 0 Å². The Morgan fingerprint density at radius 1 is 1.38 bits per heavy atom. The Bertz CT molecular complexity index is 616. The third-order valence-corrected chi connectivity index (χ3v) is 2.90. The predicted octanol–water partition coefficient (Wildman–Crippen LogP) is 0.222. The summed E-state index contributed by atoms with van der Waals surface area (Å²) in [5.41, 5.74) is 0. The van der Waals surface area contributed by atoms with Crippen molar-refractivity contribution in [1.29, 1.82) is 0 Å². The van der Waals surface area contributed by atoms with E-state index in [9.17, 15) is 13.5 Å². The first-order chi connectivity index (χ1) is 7.47. The highest BCUT2D eigenvalue weighted by atomic mass is 32.2. The SMILES string of the molecule is CS(=O)(=O)NCn1cc2ccccc2c1[O-]. The van der Waals surface area contributed by atoms with Gasteiger partial charge in [-0.2, -0.15) is 4.72 Å². The van der Waals surface area contributed by atoms with E-state index in [4.69, 9.17) is 0 Å². The van der Waals surface area contributed by atoms with Gasteiger partial charge in [0.2, 0.25) is 10.0 Å². The zero-order valence-electron chi connectivity index (χ0n) is 8.67. The van der Waals surface area contributed by atoms with Crippen LogP contribution in [0.15, 0.2) is 30.5 Å². The second-order valence-electron chi connectivity index (χ2n) is 3.57. The summed E-state index contributed by atoms with van der Waals surface area (Å²) in [6.07, 6.45) is 2.69. The predicted molar refractivity (Wildman–Crippen MR) is 59.4 cm³/mol. The highest BCUT2D eigenvalue weighted by molar-refractivity contribution is 7.88. The highest BCUT2D eigenvalue weighted by Gasteiger charge is 2.03. The van der Waals surface area contributed by atoms with Crippen molar-refractivity contribution in [3.63, 3.8) is 0 Å². The number of aromatic nitrogens is 1. The van der Waals surface area contributed by atoms with Gasteiger partial charge in [-0.3, -0.25) is 0 Å². The molecule has 6 heteroatoms. The maximum Gasteiger partial charge on any atom is 0.210 e. The maximum absolute atomic E-state index is 11.8. The summed E-state index contributed by atoms with van der Waals surface area (Å²) in [5.74, 6) is -0.188. The van der Waals surface area contributed by atoms with Gasteiger partial charge in [-0.15, -0.1) is 0 Å². The Balaban J connectivity index is 2.35. The maximum atomic E-state index is 11.8. The van der Waals surface area contributed by atoms with Crippen LogP contribution < -0.4 is 9.83 Å². The molecule has 1 aromatic heterocycles. The van der Waals surface area contributed by atoms with Crippen molar-refractivity contribution in [2.75, 3.05) is 6.26 Å². The summed E-state index contributed by atoms with van der Waals surface area (Å²) in [5, 5.41) is 13.2. The number of sulfonamides is 1. The summed E-state index contributed by atoms with van der Waals surface area (Å²) < 4.78 is 25.4. The standard InChI is InChI=1S/C10H12N2O3S/c1-16(14,15)11-7-12-6-8-4-2-3-5-9(8)10(12)13/h2-6,11,13H,7H2,1H3/p-1. The van der Waals surface area contributed by atoms with Crippen LogP contribution in [0.25, 0.3) is 10.8 Å². The second-order valence-corrected chi connectivity index (χ2v) is 5.40. The van der Waals surface area contributed by atoms with Gasteiger partial charge < -0.3 is 9.67 Å². The summed E-state index contributed by atoms with van der Waals surface area (Å²) in [7, 11) is -3.29. The number of nitrogens with zero attached hydrogens (tertiary/aromatic N) is 1. The summed E-state index contributed by atoms with van der Waals surface area (Å²) >= 11 is 0. The summed E-state index contributed by atoms with van der Waals surface area (Å²) in [6, 6.07) is 7.14. The minimum Gasteiger partial charge on any atom is -0.860 e. The molecular weight excluding hydrogens is 228 g/mol. The Morgan fingerprint density at radius 3 is 2.69 bits per heavy atom. The van der Waals surface area contributed by atoms with Crippen LogP contribution in [0.3, 0.4) is 0 Å². The van der Waals surface area contributed by atoms with Gasteiger partial charge in [-0.25, -0.2) is 8.42 Å². The largest absolute Gasteiger partial charge is 0.860 e. The van der Waals surface area contributed by atoms with Crippen LogP contribution in [0.1, 0.15) is 0 Å². The molecule has 2 aromatic rings. The van der Waals surface area contributed by atoms with E-state index >= 15 is 0 Å².